The van der Waals surface area contributed by atoms with E-state index in [0.29, 0.717) is 24.8 Å². The van der Waals surface area contributed by atoms with Gasteiger partial charge < -0.3 is 24.9 Å². The lowest BCUT2D eigenvalue weighted by Gasteiger charge is -2.26. The molecular weight excluding hydrogens is 495 g/mol. The second-order valence-corrected chi connectivity index (χ2v) is 7.51. The Morgan fingerprint density at radius 2 is 1.93 bits per heavy atom. The molecule has 0 amide bonds. The molecule has 1 atom stereocenters. The van der Waals surface area contributed by atoms with E-state index in [0.717, 1.165) is 45.0 Å². The maximum atomic E-state index is 10.6. The summed E-state index contributed by atoms with van der Waals surface area (Å²) in [4.78, 5) is 7.09. The van der Waals surface area contributed by atoms with Crippen LogP contribution in [0.3, 0.4) is 0 Å². The van der Waals surface area contributed by atoms with E-state index in [4.69, 9.17) is 9.15 Å². The van der Waals surface area contributed by atoms with E-state index in [1.165, 1.54) is 5.56 Å². The van der Waals surface area contributed by atoms with Crippen molar-refractivity contribution in [1.29, 1.82) is 0 Å². The molecule has 0 bridgehead atoms. The molecule has 0 spiro atoms. The van der Waals surface area contributed by atoms with Crippen molar-refractivity contribution in [2.75, 3.05) is 39.4 Å². The van der Waals surface area contributed by atoms with Gasteiger partial charge in [0.15, 0.2) is 5.96 Å². The summed E-state index contributed by atoms with van der Waals surface area (Å²) in [7, 11) is 0. The quantitative estimate of drug-likeness (QED) is 0.278. The molecule has 3 rings (SSSR count). The second kappa shape index (κ2) is 12.3. The topological polar surface area (TPSA) is 82.3 Å². The molecule has 7 nitrogen and oxygen atoms in total. The van der Waals surface area contributed by atoms with Crippen LogP contribution in [-0.2, 0) is 23.4 Å². The van der Waals surface area contributed by atoms with Crippen LogP contribution in [0.4, 0.5) is 0 Å². The summed E-state index contributed by atoms with van der Waals surface area (Å²) in [6.07, 6.45) is 1.56. The Bertz CT molecular complexity index is 774. The SMILES string of the molecule is CCNC(=NCc1cccc(CN2CCOCC2)c1)NCC(C)(O)c1ccco1.I. The van der Waals surface area contributed by atoms with Gasteiger partial charge in [-0.2, -0.15) is 0 Å². The Labute approximate surface area is 195 Å². The molecule has 166 valence electrons. The molecule has 0 saturated carbocycles. The largest absolute Gasteiger partial charge is 0.466 e. The molecule has 30 heavy (non-hydrogen) atoms. The van der Waals surface area contributed by atoms with Crippen molar-refractivity contribution in [3.05, 3.63) is 59.5 Å². The fraction of sp³-hybridized carbons (Fsp3) is 0.500. The molecule has 1 aliphatic rings. The highest BCUT2D eigenvalue weighted by Gasteiger charge is 2.26. The van der Waals surface area contributed by atoms with E-state index in [2.05, 4.69) is 44.8 Å². The number of nitrogens with one attached hydrogen (secondary N) is 2. The van der Waals surface area contributed by atoms with Gasteiger partial charge in [0.25, 0.3) is 0 Å². The molecule has 1 aromatic carbocycles. The first kappa shape index (κ1) is 24.6. The van der Waals surface area contributed by atoms with Crippen LogP contribution < -0.4 is 10.6 Å². The van der Waals surface area contributed by atoms with E-state index in [1.807, 2.05) is 6.92 Å². The molecule has 1 saturated heterocycles. The minimum Gasteiger partial charge on any atom is -0.466 e. The van der Waals surface area contributed by atoms with Crippen LogP contribution in [0.2, 0.25) is 0 Å². The Hall–Kier alpha value is -1.62. The number of benzene rings is 1. The van der Waals surface area contributed by atoms with Crippen molar-refractivity contribution in [2.45, 2.75) is 32.5 Å². The van der Waals surface area contributed by atoms with Crippen molar-refractivity contribution in [3.63, 3.8) is 0 Å². The van der Waals surface area contributed by atoms with Gasteiger partial charge in [-0.3, -0.25) is 4.90 Å². The number of guanidine groups is 1. The number of hydrogen-bond acceptors (Lipinski definition) is 5. The number of aliphatic imine (C=N–C) groups is 1. The van der Waals surface area contributed by atoms with Gasteiger partial charge in [-0.15, -0.1) is 24.0 Å². The van der Waals surface area contributed by atoms with Gasteiger partial charge in [-0.1, -0.05) is 24.3 Å². The predicted octanol–water partition coefficient (Wildman–Crippen LogP) is 2.69. The summed E-state index contributed by atoms with van der Waals surface area (Å²) in [6.45, 7) is 9.85. The number of halogens is 1. The summed E-state index contributed by atoms with van der Waals surface area (Å²) >= 11 is 0. The van der Waals surface area contributed by atoms with E-state index in [9.17, 15) is 5.11 Å². The lowest BCUT2D eigenvalue weighted by molar-refractivity contribution is 0.0342. The highest BCUT2D eigenvalue weighted by atomic mass is 127. The van der Waals surface area contributed by atoms with Crippen LogP contribution in [0.5, 0.6) is 0 Å². The highest BCUT2D eigenvalue weighted by Crippen LogP contribution is 2.19. The van der Waals surface area contributed by atoms with Gasteiger partial charge in [0.05, 0.1) is 32.6 Å². The van der Waals surface area contributed by atoms with Crippen LogP contribution in [-0.4, -0.2) is 55.4 Å². The van der Waals surface area contributed by atoms with Crippen LogP contribution in [0, 0.1) is 0 Å². The average molecular weight is 528 g/mol. The van der Waals surface area contributed by atoms with Crippen LogP contribution >= 0.6 is 24.0 Å². The van der Waals surface area contributed by atoms with Gasteiger partial charge in [0.2, 0.25) is 0 Å². The van der Waals surface area contributed by atoms with Gasteiger partial charge in [-0.25, -0.2) is 4.99 Å². The Morgan fingerprint density at radius 3 is 2.63 bits per heavy atom. The Kier molecular flexibility index (Phi) is 10.1. The van der Waals surface area contributed by atoms with E-state index in [-0.39, 0.29) is 24.0 Å². The summed E-state index contributed by atoms with van der Waals surface area (Å²) < 4.78 is 10.8. The third-order valence-electron chi connectivity index (χ3n) is 4.92. The van der Waals surface area contributed by atoms with Crippen molar-refractivity contribution in [2.24, 2.45) is 4.99 Å². The molecule has 8 heteroatoms. The van der Waals surface area contributed by atoms with Crippen molar-refractivity contribution in [1.82, 2.24) is 15.5 Å². The summed E-state index contributed by atoms with van der Waals surface area (Å²) in [6, 6.07) is 12.1. The third-order valence-corrected chi connectivity index (χ3v) is 4.92. The lowest BCUT2D eigenvalue weighted by atomic mass is 10.0. The Morgan fingerprint density at radius 1 is 1.17 bits per heavy atom. The first-order valence-corrected chi connectivity index (χ1v) is 10.2. The molecule has 1 fully saturated rings. The molecule has 3 N–H and O–H groups in total. The monoisotopic (exact) mass is 528 g/mol. The Balaban J connectivity index is 0.00000320. The van der Waals surface area contributed by atoms with E-state index < -0.39 is 5.60 Å². The molecule has 2 aromatic rings. The smallest absolute Gasteiger partial charge is 0.191 e. The minimum atomic E-state index is -1.11. The maximum Gasteiger partial charge on any atom is 0.191 e. The predicted molar refractivity (Wildman–Crippen MR) is 129 cm³/mol. The van der Waals surface area contributed by atoms with E-state index in [1.54, 1.807) is 25.3 Å². The average Bonchev–Trinajstić information content (AvgIpc) is 3.27. The van der Waals surface area contributed by atoms with Crippen LogP contribution in [0.15, 0.2) is 52.1 Å². The van der Waals surface area contributed by atoms with Gasteiger partial charge in [0, 0.05) is 26.2 Å². The number of morpholine rings is 1. The van der Waals surface area contributed by atoms with Crippen LogP contribution in [0.25, 0.3) is 0 Å². The first-order valence-electron chi connectivity index (χ1n) is 10.2. The molecule has 2 heterocycles. The number of nitrogens with zero attached hydrogens (tertiary/aromatic N) is 2. The summed E-state index contributed by atoms with van der Waals surface area (Å²) in [5, 5.41) is 17.0. The van der Waals surface area contributed by atoms with Crippen molar-refractivity contribution < 1.29 is 14.3 Å². The highest BCUT2D eigenvalue weighted by molar-refractivity contribution is 14.0. The normalized spacial score (nSPS) is 17.1. The number of ether oxygens (including phenoxy) is 1. The second-order valence-electron chi connectivity index (χ2n) is 7.51. The zero-order valence-corrected chi connectivity index (χ0v) is 20.1. The first-order chi connectivity index (χ1) is 14.1. The van der Waals surface area contributed by atoms with Crippen LogP contribution in [0.1, 0.15) is 30.7 Å². The van der Waals surface area contributed by atoms with Gasteiger partial charge >= 0.3 is 0 Å². The van der Waals surface area contributed by atoms with Gasteiger partial charge in [0.1, 0.15) is 11.4 Å². The number of hydrogen-bond donors (Lipinski definition) is 3. The molecule has 1 unspecified atom stereocenters. The molecule has 0 radical (unpaired) electrons. The van der Waals surface area contributed by atoms with E-state index >= 15 is 0 Å². The molecular formula is C22H33IN4O3. The fourth-order valence-electron chi connectivity index (χ4n) is 3.28. The summed E-state index contributed by atoms with van der Waals surface area (Å²) in [5.74, 6) is 1.19. The van der Waals surface area contributed by atoms with Crippen molar-refractivity contribution in [3.8, 4) is 0 Å². The number of aliphatic hydroxyl groups is 1. The number of rotatable bonds is 8. The summed E-state index contributed by atoms with van der Waals surface area (Å²) in [5.41, 5.74) is 1.33. The fourth-order valence-corrected chi connectivity index (χ4v) is 3.28. The van der Waals surface area contributed by atoms with Gasteiger partial charge in [-0.05, 0) is 37.1 Å². The third kappa shape index (κ3) is 7.57. The molecule has 1 aromatic heterocycles. The lowest BCUT2D eigenvalue weighted by Crippen LogP contribution is -2.44. The standard InChI is InChI=1S/C22H32N4O3.HI/c1-3-23-21(25-17-22(2,27)20-8-5-11-29-20)24-15-18-6-4-7-19(14-18)16-26-9-12-28-13-10-26;/h4-8,11,14,27H,3,9-10,12-13,15-17H2,1-2H3,(H2,23,24,25);1H. The maximum absolute atomic E-state index is 10.6. The van der Waals surface area contributed by atoms with Crippen molar-refractivity contribution >= 4 is 29.9 Å². The molecule has 1 aliphatic heterocycles. The minimum absolute atomic E-state index is 0. The zero-order valence-electron chi connectivity index (χ0n) is 17.8. The zero-order chi connectivity index (χ0) is 20.5. The molecule has 0 aliphatic carbocycles. The number of furan rings is 1.